The molecule has 0 radical (unpaired) electrons. The van der Waals surface area contributed by atoms with Gasteiger partial charge in [-0.25, -0.2) is 4.79 Å². The topological polar surface area (TPSA) is 78.7 Å². The van der Waals surface area contributed by atoms with E-state index in [0.717, 1.165) is 13.1 Å². The SMILES string of the molecule is CC(C)N1CCC2(CC1)NC(=O)N(CCN)C2=O. The fourth-order valence-corrected chi connectivity index (χ4v) is 2.77. The second-order valence-corrected chi connectivity index (χ2v) is 5.39. The molecule has 102 valence electrons. The van der Waals surface area contributed by atoms with Crippen LogP contribution in [0.2, 0.25) is 0 Å². The van der Waals surface area contributed by atoms with E-state index in [4.69, 9.17) is 5.73 Å². The van der Waals surface area contributed by atoms with Gasteiger partial charge in [-0.2, -0.15) is 0 Å². The number of nitrogens with one attached hydrogen (secondary N) is 1. The number of hydrogen-bond donors (Lipinski definition) is 2. The molecule has 1 spiro atoms. The predicted octanol–water partition coefficient (Wildman–Crippen LogP) is -0.260. The first-order valence-corrected chi connectivity index (χ1v) is 6.58. The summed E-state index contributed by atoms with van der Waals surface area (Å²) in [6.07, 6.45) is 1.38. The Hall–Kier alpha value is -1.14. The van der Waals surface area contributed by atoms with Crippen LogP contribution in [0.3, 0.4) is 0 Å². The van der Waals surface area contributed by atoms with Crippen LogP contribution in [-0.2, 0) is 4.79 Å². The van der Waals surface area contributed by atoms with E-state index < -0.39 is 5.54 Å². The molecule has 0 unspecified atom stereocenters. The highest BCUT2D eigenvalue weighted by molar-refractivity contribution is 6.07. The first-order valence-electron chi connectivity index (χ1n) is 6.58. The van der Waals surface area contributed by atoms with Gasteiger partial charge in [0.25, 0.3) is 5.91 Å². The third kappa shape index (κ3) is 2.10. The van der Waals surface area contributed by atoms with Crippen molar-refractivity contribution in [1.82, 2.24) is 15.1 Å². The molecule has 0 aliphatic carbocycles. The van der Waals surface area contributed by atoms with Crippen molar-refractivity contribution in [2.75, 3.05) is 26.2 Å². The van der Waals surface area contributed by atoms with Crippen LogP contribution in [0.1, 0.15) is 26.7 Å². The molecule has 0 bridgehead atoms. The fraction of sp³-hybridized carbons (Fsp3) is 0.833. The van der Waals surface area contributed by atoms with Crippen LogP contribution in [0.4, 0.5) is 4.79 Å². The van der Waals surface area contributed by atoms with Gasteiger partial charge in [0.2, 0.25) is 0 Å². The summed E-state index contributed by atoms with van der Waals surface area (Å²) in [7, 11) is 0. The first-order chi connectivity index (χ1) is 8.50. The molecule has 0 aromatic heterocycles. The smallest absolute Gasteiger partial charge is 0.325 e. The zero-order valence-corrected chi connectivity index (χ0v) is 11.1. The maximum Gasteiger partial charge on any atom is 0.325 e. The standard InChI is InChI=1S/C12H22N4O2/c1-9(2)15-6-3-12(4-7-15)10(17)16(8-5-13)11(18)14-12/h9H,3-8,13H2,1-2H3,(H,14,18). The Morgan fingerprint density at radius 3 is 2.44 bits per heavy atom. The van der Waals surface area contributed by atoms with Crippen molar-refractivity contribution in [1.29, 1.82) is 0 Å². The Morgan fingerprint density at radius 1 is 1.33 bits per heavy atom. The van der Waals surface area contributed by atoms with Crippen molar-refractivity contribution in [2.45, 2.75) is 38.3 Å². The van der Waals surface area contributed by atoms with Crippen molar-refractivity contribution < 1.29 is 9.59 Å². The number of hydrogen-bond acceptors (Lipinski definition) is 4. The van der Waals surface area contributed by atoms with Crippen LogP contribution in [0.25, 0.3) is 0 Å². The number of nitrogens with zero attached hydrogens (tertiary/aromatic N) is 2. The van der Waals surface area contributed by atoms with Gasteiger partial charge in [0.15, 0.2) is 0 Å². The molecular weight excluding hydrogens is 232 g/mol. The molecule has 2 aliphatic heterocycles. The number of rotatable bonds is 3. The van der Waals surface area contributed by atoms with E-state index >= 15 is 0 Å². The van der Waals surface area contributed by atoms with Crippen LogP contribution in [0.5, 0.6) is 0 Å². The molecule has 6 heteroatoms. The molecule has 2 saturated heterocycles. The van der Waals surface area contributed by atoms with Gasteiger partial charge >= 0.3 is 6.03 Å². The molecular formula is C12H22N4O2. The van der Waals surface area contributed by atoms with Gasteiger partial charge in [-0.15, -0.1) is 0 Å². The predicted molar refractivity (Wildman–Crippen MR) is 68.0 cm³/mol. The molecule has 2 heterocycles. The molecule has 0 saturated carbocycles. The van der Waals surface area contributed by atoms with E-state index in [1.165, 1.54) is 4.90 Å². The van der Waals surface area contributed by atoms with Gasteiger partial charge < -0.3 is 16.0 Å². The highest BCUT2D eigenvalue weighted by Crippen LogP contribution is 2.29. The quantitative estimate of drug-likeness (QED) is 0.680. The van der Waals surface area contributed by atoms with Gasteiger partial charge in [0.1, 0.15) is 5.54 Å². The maximum absolute atomic E-state index is 12.3. The number of likely N-dealkylation sites (tertiary alicyclic amines) is 1. The summed E-state index contributed by atoms with van der Waals surface area (Å²) in [5, 5.41) is 2.87. The molecule has 2 rings (SSSR count). The number of amides is 3. The minimum Gasteiger partial charge on any atom is -0.329 e. The zero-order valence-electron chi connectivity index (χ0n) is 11.1. The third-order valence-corrected chi connectivity index (χ3v) is 3.98. The highest BCUT2D eigenvalue weighted by Gasteiger charge is 2.52. The number of carbonyl (C=O) groups is 2. The van der Waals surface area contributed by atoms with E-state index in [1.54, 1.807) is 0 Å². The second-order valence-electron chi connectivity index (χ2n) is 5.39. The number of nitrogens with two attached hydrogens (primary N) is 1. The monoisotopic (exact) mass is 254 g/mol. The van der Waals surface area contributed by atoms with Gasteiger partial charge in [-0.05, 0) is 26.7 Å². The minimum absolute atomic E-state index is 0.0960. The summed E-state index contributed by atoms with van der Waals surface area (Å²) in [5.74, 6) is -0.0960. The lowest BCUT2D eigenvalue weighted by Gasteiger charge is -2.39. The maximum atomic E-state index is 12.3. The van der Waals surface area contributed by atoms with Gasteiger partial charge in [-0.3, -0.25) is 9.69 Å². The van der Waals surface area contributed by atoms with Gasteiger partial charge in [0.05, 0.1) is 0 Å². The lowest BCUT2D eigenvalue weighted by atomic mass is 9.87. The lowest BCUT2D eigenvalue weighted by Crippen LogP contribution is -2.56. The Bertz CT molecular complexity index is 348. The Morgan fingerprint density at radius 2 is 1.94 bits per heavy atom. The van der Waals surface area contributed by atoms with Gasteiger partial charge in [-0.1, -0.05) is 0 Å². The molecule has 0 aromatic carbocycles. The summed E-state index contributed by atoms with van der Waals surface area (Å²) >= 11 is 0. The average molecular weight is 254 g/mol. The number of urea groups is 1. The van der Waals surface area contributed by atoms with Crippen molar-refractivity contribution in [3.63, 3.8) is 0 Å². The van der Waals surface area contributed by atoms with E-state index in [1.807, 2.05) is 0 Å². The van der Waals surface area contributed by atoms with E-state index in [2.05, 4.69) is 24.1 Å². The third-order valence-electron chi connectivity index (χ3n) is 3.98. The Balaban J connectivity index is 2.06. The van der Waals surface area contributed by atoms with Crippen LogP contribution >= 0.6 is 0 Å². The van der Waals surface area contributed by atoms with E-state index in [-0.39, 0.29) is 11.9 Å². The van der Waals surface area contributed by atoms with Crippen LogP contribution in [0, 0.1) is 0 Å². The molecule has 3 N–H and O–H groups in total. The van der Waals surface area contributed by atoms with Gasteiger partial charge in [0, 0.05) is 32.2 Å². The van der Waals surface area contributed by atoms with Crippen LogP contribution < -0.4 is 11.1 Å². The van der Waals surface area contributed by atoms with Crippen molar-refractivity contribution >= 4 is 11.9 Å². The van der Waals surface area contributed by atoms with Crippen molar-refractivity contribution in [3.05, 3.63) is 0 Å². The molecule has 0 atom stereocenters. The largest absolute Gasteiger partial charge is 0.329 e. The van der Waals surface area contributed by atoms with Crippen molar-refractivity contribution in [2.24, 2.45) is 5.73 Å². The Labute approximate surface area is 107 Å². The zero-order chi connectivity index (χ0) is 13.3. The summed E-state index contributed by atoms with van der Waals surface area (Å²) in [5.41, 5.74) is 4.76. The summed E-state index contributed by atoms with van der Waals surface area (Å²) in [6, 6.07) is 0.193. The average Bonchev–Trinajstić information content (AvgIpc) is 2.55. The fourth-order valence-electron chi connectivity index (χ4n) is 2.77. The van der Waals surface area contributed by atoms with Crippen LogP contribution in [0.15, 0.2) is 0 Å². The number of imide groups is 1. The molecule has 18 heavy (non-hydrogen) atoms. The molecule has 6 nitrogen and oxygen atoms in total. The van der Waals surface area contributed by atoms with E-state index in [9.17, 15) is 9.59 Å². The molecule has 0 aromatic rings. The summed E-state index contributed by atoms with van der Waals surface area (Å²) < 4.78 is 0. The second kappa shape index (κ2) is 4.85. The number of piperidine rings is 1. The summed E-state index contributed by atoms with van der Waals surface area (Å²) in [6.45, 7) is 6.61. The molecule has 2 fully saturated rings. The number of carbonyl (C=O) groups excluding carboxylic acids is 2. The van der Waals surface area contributed by atoms with E-state index in [0.29, 0.717) is 32.0 Å². The highest BCUT2D eigenvalue weighted by atomic mass is 16.2. The normalized spacial score (nSPS) is 24.1. The van der Waals surface area contributed by atoms with Crippen LogP contribution in [-0.4, -0.2) is 59.5 Å². The summed E-state index contributed by atoms with van der Waals surface area (Å²) in [4.78, 5) is 27.7. The Kier molecular flexibility index (Phi) is 3.59. The molecule has 3 amide bonds. The minimum atomic E-state index is -0.669. The first kappa shape index (κ1) is 13.3. The van der Waals surface area contributed by atoms with Crippen molar-refractivity contribution in [3.8, 4) is 0 Å². The molecule has 2 aliphatic rings. The lowest BCUT2D eigenvalue weighted by molar-refractivity contribution is -0.133.